The van der Waals surface area contributed by atoms with Gasteiger partial charge in [0.1, 0.15) is 11.8 Å². The number of aliphatic carboxylic acids is 1. The summed E-state index contributed by atoms with van der Waals surface area (Å²) in [5, 5.41) is 14.0. The van der Waals surface area contributed by atoms with Crippen LogP contribution in [0.5, 0.6) is 5.75 Å². The average Bonchev–Trinajstić information content (AvgIpc) is 2.50. The molecule has 0 aliphatic heterocycles. The summed E-state index contributed by atoms with van der Waals surface area (Å²) >= 11 is 0. The van der Waals surface area contributed by atoms with E-state index in [-0.39, 0.29) is 18.4 Å². The molecule has 0 heterocycles. The standard InChI is InChI=1S/C17H24N2O5/c1-11(19-16(23)17(2,3)4)15(22)18-9-12-6-5-7-13(8-12)24-10-14(20)21/h5-8,11H,9-10H2,1-4H3,(H,18,22)(H,19,23)(H,20,21). The SMILES string of the molecule is CC(NC(=O)C(C)(C)C)C(=O)NCc1cccc(OCC(=O)O)c1. The number of amides is 2. The Kier molecular flexibility index (Phi) is 6.76. The molecule has 1 atom stereocenters. The summed E-state index contributed by atoms with van der Waals surface area (Å²) in [5.41, 5.74) is 0.199. The molecular formula is C17H24N2O5. The minimum absolute atomic E-state index is 0.200. The van der Waals surface area contributed by atoms with E-state index in [1.807, 2.05) is 0 Å². The van der Waals surface area contributed by atoms with Crippen molar-refractivity contribution in [2.45, 2.75) is 40.3 Å². The number of ether oxygens (including phenoxy) is 1. The minimum Gasteiger partial charge on any atom is -0.482 e. The van der Waals surface area contributed by atoms with Gasteiger partial charge in [-0.15, -0.1) is 0 Å². The van der Waals surface area contributed by atoms with E-state index >= 15 is 0 Å². The molecule has 1 aromatic carbocycles. The highest BCUT2D eigenvalue weighted by molar-refractivity contribution is 5.89. The number of rotatable bonds is 7. The number of carbonyl (C=O) groups excluding carboxylic acids is 2. The molecule has 7 nitrogen and oxygen atoms in total. The van der Waals surface area contributed by atoms with Gasteiger partial charge in [-0.2, -0.15) is 0 Å². The maximum atomic E-state index is 12.0. The molecule has 0 spiro atoms. The third-order valence-corrected chi connectivity index (χ3v) is 3.15. The molecule has 1 aromatic rings. The Bertz CT molecular complexity index is 607. The lowest BCUT2D eigenvalue weighted by molar-refractivity contribution is -0.139. The molecule has 1 rings (SSSR count). The molecule has 132 valence electrons. The maximum Gasteiger partial charge on any atom is 0.341 e. The van der Waals surface area contributed by atoms with Gasteiger partial charge in [0.05, 0.1) is 0 Å². The number of carbonyl (C=O) groups is 3. The third-order valence-electron chi connectivity index (χ3n) is 3.15. The Balaban J connectivity index is 2.53. The van der Waals surface area contributed by atoms with Crippen molar-refractivity contribution >= 4 is 17.8 Å². The molecule has 0 aromatic heterocycles. The van der Waals surface area contributed by atoms with Crippen LogP contribution < -0.4 is 15.4 Å². The van der Waals surface area contributed by atoms with E-state index in [0.717, 1.165) is 5.56 Å². The predicted molar refractivity (Wildman–Crippen MR) is 88.5 cm³/mol. The monoisotopic (exact) mass is 336 g/mol. The molecular weight excluding hydrogens is 312 g/mol. The quantitative estimate of drug-likeness (QED) is 0.696. The van der Waals surface area contributed by atoms with Gasteiger partial charge in [-0.25, -0.2) is 4.79 Å². The predicted octanol–water partition coefficient (Wildman–Crippen LogP) is 1.32. The summed E-state index contributed by atoms with van der Waals surface area (Å²) in [5.74, 6) is -1.14. The van der Waals surface area contributed by atoms with Crippen LogP contribution in [0.4, 0.5) is 0 Å². The summed E-state index contributed by atoms with van der Waals surface area (Å²) in [6.45, 7) is 6.76. The number of hydrogen-bond acceptors (Lipinski definition) is 4. The van der Waals surface area contributed by atoms with E-state index in [9.17, 15) is 14.4 Å². The van der Waals surface area contributed by atoms with Gasteiger partial charge in [-0.3, -0.25) is 9.59 Å². The highest BCUT2D eigenvalue weighted by Crippen LogP contribution is 2.14. The third kappa shape index (κ3) is 6.68. The molecule has 0 fully saturated rings. The zero-order valence-electron chi connectivity index (χ0n) is 14.4. The largest absolute Gasteiger partial charge is 0.482 e. The van der Waals surface area contributed by atoms with Crippen molar-refractivity contribution in [3.8, 4) is 5.75 Å². The average molecular weight is 336 g/mol. The van der Waals surface area contributed by atoms with Gasteiger partial charge in [0.15, 0.2) is 6.61 Å². The first-order valence-corrected chi connectivity index (χ1v) is 7.62. The summed E-state index contributed by atoms with van der Waals surface area (Å²) in [6, 6.07) is 6.14. The highest BCUT2D eigenvalue weighted by atomic mass is 16.5. The second-order valence-electron chi connectivity index (χ2n) is 6.49. The summed E-state index contributed by atoms with van der Waals surface area (Å²) in [7, 11) is 0. The van der Waals surface area contributed by atoms with E-state index < -0.39 is 24.0 Å². The van der Waals surface area contributed by atoms with Crippen LogP contribution in [0.15, 0.2) is 24.3 Å². The van der Waals surface area contributed by atoms with Crippen LogP contribution in [0.1, 0.15) is 33.3 Å². The summed E-state index contributed by atoms with van der Waals surface area (Å²) in [6.07, 6.45) is 0. The van der Waals surface area contributed by atoms with Crippen LogP contribution in [-0.2, 0) is 20.9 Å². The van der Waals surface area contributed by atoms with Crippen LogP contribution in [0.3, 0.4) is 0 Å². The van der Waals surface area contributed by atoms with Crippen LogP contribution in [0.2, 0.25) is 0 Å². The van der Waals surface area contributed by atoms with Crippen molar-refractivity contribution in [2.24, 2.45) is 5.41 Å². The zero-order valence-corrected chi connectivity index (χ0v) is 14.4. The number of nitrogens with one attached hydrogen (secondary N) is 2. The van der Waals surface area contributed by atoms with Crippen molar-refractivity contribution < 1.29 is 24.2 Å². The van der Waals surface area contributed by atoms with Crippen LogP contribution in [-0.4, -0.2) is 35.5 Å². The Labute approximate surface area is 141 Å². The second-order valence-corrected chi connectivity index (χ2v) is 6.49. The zero-order chi connectivity index (χ0) is 18.3. The Morgan fingerprint density at radius 2 is 1.92 bits per heavy atom. The van der Waals surface area contributed by atoms with E-state index in [4.69, 9.17) is 9.84 Å². The van der Waals surface area contributed by atoms with Crippen LogP contribution in [0, 0.1) is 5.41 Å². The molecule has 0 radical (unpaired) electrons. The van der Waals surface area contributed by atoms with Crippen LogP contribution in [0.25, 0.3) is 0 Å². The molecule has 24 heavy (non-hydrogen) atoms. The molecule has 2 amide bonds. The maximum absolute atomic E-state index is 12.0. The van der Waals surface area contributed by atoms with Crippen molar-refractivity contribution in [3.05, 3.63) is 29.8 Å². The van der Waals surface area contributed by atoms with Gasteiger partial charge < -0.3 is 20.5 Å². The fourth-order valence-corrected chi connectivity index (χ4v) is 1.71. The lowest BCUT2D eigenvalue weighted by atomic mass is 9.95. The summed E-state index contributed by atoms with van der Waals surface area (Å²) in [4.78, 5) is 34.4. The molecule has 0 saturated carbocycles. The molecule has 0 aliphatic rings. The Morgan fingerprint density at radius 1 is 1.25 bits per heavy atom. The molecule has 0 saturated heterocycles. The lowest BCUT2D eigenvalue weighted by Gasteiger charge is -2.21. The molecule has 3 N–H and O–H groups in total. The molecule has 1 unspecified atom stereocenters. The van der Waals surface area contributed by atoms with Crippen LogP contribution >= 0.6 is 0 Å². The number of carboxylic acid groups (broad SMARTS) is 1. The Hall–Kier alpha value is -2.57. The topological polar surface area (TPSA) is 105 Å². The van der Waals surface area contributed by atoms with E-state index in [1.54, 1.807) is 52.0 Å². The fourth-order valence-electron chi connectivity index (χ4n) is 1.71. The normalized spacial score (nSPS) is 12.2. The highest BCUT2D eigenvalue weighted by Gasteiger charge is 2.24. The second kappa shape index (κ2) is 8.33. The first kappa shape index (κ1) is 19.5. The van der Waals surface area contributed by atoms with Gasteiger partial charge in [0.2, 0.25) is 11.8 Å². The Morgan fingerprint density at radius 3 is 2.50 bits per heavy atom. The smallest absolute Gasteiger partial charge is 0.341 e. The minimum atomic E-state index is -1.06. The lowest BCUT2D eigenvalue weighted by Crippen LogP contribution is -2.48. The van der Waals surface area contributed by atoms with Gasteiger partial charge in [-0.1, -0.05) is 32.9 Å². The van der Waals surface area contributed by atoms with Crippen molar-refractivity contribution in [2.75, 3.05) is 6.61 Å². The van der Waals surface area contributed by atoms with Gasteiger partial charge in [-0.05, 0) is 24.6 Å². The first-order chi connectivity index (χ1) is 11.1. The summed E-state index contributed by atoms with van der Waals surface area (Å²) < 4.78 is 5.08. The van der Waals surface area contributed by atoms with Gasteiger partial charge >= 0.3 is 5.97 Å². The van der Waals surface area contributed by atoms with Gasteiger partial charge in [0, 0.05) is 12.0 Å². The first-order valence-electron chi connectivity index (χ1n) is 7.62. The van der Waals surface area contributed by atoms with Gasteiger partial charge in [0.25, 0.3) is 0 Å². The number of carboxylic acids is 1. The van der Waals surface area contributed by atoms with Crippen molar-refractivity contribution in [3.63, 3.8) is 0 Å². The molecule has 0 bridgehead atoms. The molecule has 7 heteroatoms. The number of benzene rings is 1. The van der Waals surface area contributed by atoms with Crippen molar-refractivity contribution in [1.82, 2.24) is 10.6 Å². The van der Waals surface area contributed by atoms with Crippen molar-refractivity contribution in [1.29, 1.82) is 0 Å². The fraction of sp³-hybridized carbons (Fsp3) is 0.471. The van der Waals surface area contributed by atoms with E-state index in [0.29, 0.717) is 5.75 Å². The van der Waals surface area contributed by atoms with E-state index in [1.165, 1.54) is 0 Å². The number of hydrogen-bond donors (Lipinski definition) is 3. The molecule has 0 aliphatic carbocycles. The van der Waals surface area contributed by atoms with E-state index in [2.05, 4.69) is 10.6 Å².